The summed E-state index contributed by atoms with van der Waals surface area (Å²) in [6.45, 7) is 2.13. The largest absolute Gasteiger partial charge is 0.496 e. The van der Waals surface area contributed by atoms with Crippen molar-refractivity contribution in [2.75, 3.05) is 55.1 Å². The number of ether oxygens (including phenoxy) is 2. The first-order chi connectivity index (χ1) is 11.4. The number of halogens is 2. The van der Waals surface area contributed by atoms with Crippen molar-refractivity contribution < 1.29 is 9.47 Å². The SMILES string of the molecule is COc1ccc(Cl)cc1C1(CN=C(N(C)C)N(C)C)CCOCC1.I. The van der Waals surface area contributed by atoms with Crippen molar-refractivity contribution in [1.29, 1.82) is 0 Å². The van der Waals surface area contributed by atoms with Crippen LogP contribution in [0.2, 0.25) is 5.02 Å². The van der Waals surface area contributed by atoms with Gasteiger partial charge in [0, 0.05) is 57.4 Å². The van der Waals surface area contributed by atoms with Crippen molar-refractivity contribution in [3.05, 3.63) is 28.8 Å². The molecule has 0 bridgehead atoms. The van der Waals surface area contributed by atoms with Crippen molar-refractivity contribution in [2.45, 2.75) is 18.3 Å². The highest BCUT2D eigenvalue weighted by atomic mass is 127. The van der Waals surface area contributed by atoms with Gasteiger partial charge < -0.3 is 19.3 Å². The molecule has 0 radical (unpaired) electrons. The molecule has 1 fully saturated rings. The van der Waals surface area contributed by atoms with Crippen LogP contribution in [-0.2, 0) is 10.2 Å². The van der Waals surface area contributed by atoms with Gasteiger partial charge in [0.15, 0.2) is 5.96 Å². The van der Waals surface area contributed by atoms with Crippen molar-refractivity contribution in [3.8, 4) is 5.75 Å². The van der Waals surface area contributed by atoms with Gasteiger partial charge in [0.05, 0.1) is 13.7 Å². The second-order valence-corrected chi connectivity index (χ2v) is 7.08. The highest BCUT2D eigenvalue weighted by molar-refractivity contribution is 14.0. The molecule has 2 rings (SSSR count). The minimum absolute atomic E-state index is 0. The Labute approximate surface area is 173 Å². The number of nitrogens with zero attached hydrogens (tertiary/aromatic N) is 3. The van der Waals surface area contributed by atoms with Crippen LogP contribution in [0.1, 0.15) is 18.4 Å². The van der Waals surface area contributed by atoms with E-state index in [4.69, 9.17) is 26.1 Å². The third-order valence-corrected chi connectivity index (χ3v) is 4.74. The van der Waals surface area contributed by atoms with E-state index in [1.165, 1.54) is 0 Å². The van der Waals surface area contributed by atoms with Crippen molar-refractivity contribution in [3.63, 3.8) is 0 Å². The Kier molecular flexibility index (Phi) is 8.77. The van der Waals surface area contributed by atoms with E-state index in [0.717, 1.165) is 48.4 Å². The Balaban J connectivity index is 0.00000312. The molecule has 1 aliphatic heterocycles. The monoisotopic (exact) mass is 481 g/mol. The number of hydrogen-bond acceptors (Lipinski definition) is 3. The van der Waals surface area contributed by atoms with E-state index in [0.29, 0.717) is 6.54 Å². The lowest BCUT2D eigenvalue weighted by atomic mass is 9.73. The van der Waals surface area contributed by atoms with Gasteiger partial charge in [0.25, 0.3) is 0 Å². The van der Waals surface area contributed by atoms with E-state index in [2.05, 4.69) is 0 Å². The van der Waals surface area contributed by atoms with Crippen LogP contribution in [0.25, 0.3) is 0 Å². The molecule has 7 heteroatoms. The highest BCUT2D eigenvalue weighted by Crippen LogP contribution is 2.41. The maximum atomic E-state index is 6.28. The molecule has 0 aliphatic carbocycles. The van der Waals surface area contributed by atoms with Gasteiger partial charge in [-0.3, -0.25) is 4.99 Å². The van der Waals surface area contributed by atoms with Gasteiger partial charge in [-0.05, 0) is 31.0 Å². The number of methoxy groups -OCH3 is 1. The summed E-state index contributed by atoms with van der Waals surface area (Å²) in [4.78, 5) is 8.97. The predicted molar refractivity (Wildman–Crippen MR) is 115 cm³/mol. The Morgan fingerprint density at radius 2 is 1.80 bits per heavy atom. The minimum atomic E-state index is -0.119. The molecule has 0 N–H and O–H groups in total. The molecule has 0 atom stereocenters. The zero-order valence-corrected chi connectivity index (χ0v) is 18.8. The molecule has 0 saturated carbocycles. The summed E-state index contributed by atoms with van der Waals surface area (Å²) < 4.78 is 11.2. The fourth-order valence-electron chi connectivity index (χ4n) is 3.27. The maximum absolute atomic E-state index is 6.28. The van der Waals surface area contributed by atoms with Crippen LogP contribution in [0.3, 0.4) is 0 Å². The molecule has 0 aromatic heterocycles. The molecule has 0 unspecified atom stereocenters. The minimum Gasteiger partial charge on any atom is -0.496 e. The molecule has 142 valence electrons. The van der Waals surface area contributed by atoms with Crippen LogP contribution in [0.5, 0.6) is 5.75 Å². The van der Waals surface area contributed by atoms with Crippen LogP contribution < -0.4 is 4.74 Å². The number of aliphatic imine (C=N–C) groups is 1. The number of rotatable bonds is 4. The standard InChI is InChI=1S/C18H28ClN3O2.HI/c1-21(2)17(22(3)4)20-13-18(8-10-24-11-9-18)15-12-14(19)6-7-16(15)23-5;/h6-7,12H,8-11,13H2,1-5H3;1H. The first-order valence-electron chi connectivity index (χ1n) is 8.20. The molecule has 25 heavy (non-hydrogen) atoms. The van der Waals surface area contributed by atoms with Crippen molar-refractivity contribution in [1.82, 2.24) is 9.80 Å². The quantitative estimate of drug-likeness (QED) is 0.375. The normalized spacial score (nSPS) is 15.8. The lowest BCUT2D eigenvalue weighted by Crippen LogP contribution is -2.40. The highest BCUT2D eigenvalue weighted by Gasteiger charge is 2.37. The molecule has 0 amide bonds. The van der Waals surface area contributed by atoms with Gasteiger partial charge in [-0.2, -0.15) is 0 Å². The Morgan fingerprint density at radius 3 is 2.32 bits per heavy atom. The first kappa shape index (κ1) is 22.3. The summed E-state index contributed by atoms with van der Waals surface area (Å²) in [5, 5.41) is 0.723. The van der Waals surface area contributed by atoms with Crippen LogP contribution >= 0.6 is 35.6 Å². The van der Waals surface area contributed by atoms with Crippen LogP contribution in [0, 0.1) is 0 Å². The maximum Gasteiger partial charge on any atom is 0.195 e. The van der Waals surface area contributed by atoms with E-state index in [1.807, 2.05) is 56.2 Å². The molecular formula is C18H29ClIN3O2. The van der Waals surface area contributed by atoms with Gasteiger partial charge in [-0.25, -0.2) is 0 Å². The molecular weight excluding hydrogens is 453 g/mol. The number of benzene rings is 1. The lowest BCUT2D eigenvalue weighted by molar-refractivity contribution is 0.0521. The average Bonchev–Trinajstić information content (AvgIpc) is 2.55. The van der Waals surface area contributed by atoms with Crippen LogP contribution in [0.15, 0.2) is 23.2 Å². The summed E-state index contributed by atoms with van der Waals surface area (Å²) in [6, 6.07) is 5.83. The topological polar surface area (TPSA) is 37.3 Å². The van der Waals surface area contributed by atoms with Crippen LogP contribution in [0.4, 0.5) is 0 Å². The van der Waals surface area contributed by atoms with E-state index < -0.39 is 0 Å². The van der Waals surface area contributed by atoms with E-state index in [-0.39, 0.29) is 29.4 Å². The summed E-state index contributed by atoms with van der Waals surface area (Å²) in [6.07, 6.45) is 1.81. The van der Waals surface area contributed by atoms with Crippen molar-refractivity contribution >= 4 is 41.5 Å². The molecule has 5 nitrogen and oxygen atoms in total. The van der Waals surface area contributed by atoms with Crippen molar-refractivity contribution in [2.24, 2.45) is 4.99 Å². The molecule has 1 aromatic rings. The molecule has 1 aromatic carbocycles. The van der Waals surface area contributed by atoms with Gasteiger partial charge in [-0.1, -0.05) is 11.6 Å². The van der Waals surface area contributed by atoms with Gasteiger partial charge in [-0.15, -0.1) is 24.0 Å². The van der Waals surface area contributed by atoms with Gasteiger partial charge in [0.2, 0.25) is 0 Å². The zero-order chi connectivity index (χ0) is 17.7. The first-order valence-corrected chi connectivity index (χ1v) is 8.58. The molecule has 0 spiro atoms. The third-order valence-electron chi connectivity index (χ3n) is 4.51. The second kappa shape index (κ2) is 9.83. The van der Waals surface area contributed by atoms with Gasteiger partial charge in [0.1, 0.15) is 5.75 Å². The molecule has 1 saturated heterocycles. The smallest absolute Gasteiger partial charge is 0.195 e. The second-order valence-electron chi connectivity index (χ2n) is 6.64. The lowest BCUT2D eigenvalue weighted by Gasteiger charge is -2.38. The summed E-state index contributed by atoms with van der Waals surface area (Å²) >= 11 is 6.28. The summed E-state index contributed by atoms with van der Waals surface area (Å²) in [5.74, 6) is 1.81. The Hall–Kier alpha value is -0.730. The van der Waals surface area contributed by atoms with E-state index in [1.54, 1.807) is 7.11 Å². The fourth-order valence-corrected chi connectivity index (χ4v) is 3.45. The zero-order valence-electron chi connectivity index (χ0n) is 15.7. The van der Waals surface area contributed by atoms with E-state index in [9.17, 15) is 0 Å². The number of guanidine groups is 1. The summed E-state index contributed by atoms with van der Waals surface area (Å²) in [5.41, 5.74) is 1.01. The Morgan fingerprint density at radius 1 is 1.20 bits per heavy atom. The predicted octanol–water partition coefficient (Wildman–Crippen LogP) is 3.49. The average molecular weight is 482 g/mol. The summed E-state index contributed by atoms with van der Waals surface area (Å²) in [7, 11) is 9.74. The Bertz CT molecular complexity index is 578. The van der Waals surface area contributed by atoms with Crippen LogP contribution in [-0.4, -0.2) is 70.8 Å². The van der Waals surface area contributed by atoms with E-state index >= 15 is 0 Å². The third kappa shape index (κ3) is 5.37. The number of hydrogen-bond donors (Lipinski definition) is 0. The fraction of sp³-hybridized carbons (Fsp3) is 0.611. The molecule has 1 heterocycles. The van der Waals surface area contributed by atoms with Gasteiger partial charge >= 0.3 is 0 Å². The molecule has 1 aliphatic rings.